The molecule has 29 heavy (non-hydrogen) atoms. The van der Waals surface area contributed by atoms with Crippen LogP contribution in [0, 0.1) is 11.3 Å². The molecule has 2 aliphatic rings. The summed E-state index contributed by atoms with van der Waals surface area (Å²) in [6.45, 7) is 3.57. The monoisotopic (exact) mass is 394 g/mol. The highest BCUT2D eigenvalue weighted by Crippen LogP contribution is 2.37. The smallest absolute Gasteiger partial charge is 0.226 e. The Balaban J connectivity index is 1.54. The summed E-state index contributed by atoms with van der Waals surface area (Å²) < 4.78 is 11.2. The molecule has 0 unspecified atom stereocenters. The molecule has 0 bridgehead atoms. The molecule has 0 aliphatic carbocycles. The van der Waals surface area contributed by atoms with Gasteiger partial charge in [-0.05, 0) is 66.8 Å². The van der Waals surface area contributed by atoms with Gasteiger partial charge in [0.2, 0.25) is 5.91 Å². The lowest BCUT2D eigenvalue weighted by molar-refractivity contribution is -0.137. The van der Waals surface area contributed by atoms with Crippen molar-refractivity contribution < 1.29 is 14.3 Å². The largest absolute Gasteiger partial charge is 0.381 e. The number of carbonyl (C=O) groups excluding carboxylic acids is 1. The molecule has 154 valence electrons. The van der Waals surface area contributed by atoms with Gasteiger partial charge in [0.15, 0.2) is 0 Å². The number of hydrogen-bond donors (Lipinski definition) is 1. The molecule has 5 heteroatoms. The predicted octanol–water partition coefficient (Wildman–Crippen LogP) is 3.63. The van der Waals surface area contributed by atoms with E-state index in [-0.39, 0.29) is 5.91 Å². The Bertz CT molecular complexity index is 797. The average Bonchev–Trinajstić information content (AvgIpc) is 2.80. The zero-order chi connectivity index (χ0) is 19.9. The lowest BCUT2D eigenvalue weighted by Gasteiger charge is -2.37. The summed E-state index contributed by atoms with van der Waals surface area (Å²) in [5.74, 6) is 0.588. The van der Waals surface area contributed by atoms with Crippen LogP contribution in [0.3, 0.4) is 0 Å². The zero-order valence-electron chi connectivity index (χ0n) is 16.9. The summed E-state index contributed by atoms with van der Waals surface area (Å²) in [7, 11) is 0. The van der Waals surface area contributed by atoms with E-state index in [1.807, 2.05) is 24.5 Å². The van der Waals surface area contributed by atoms with Gasteiger partial charge in [-0.3, -0.25) is 9.78 Å². The Morgan fingerprint density at radius 1 is 1.07 bits per heavy atom. The summed E-state index contributed by atoms with van der Waals surface area (Å²) in [6.07, 6.45) is 8.07. The number of benzene rings is 1. The first-order valence-electron chi connectivity index (χ1n) is 10.7. The standard InChI is InChI=1S/C24H30N2O3/c27-23(26-17-19-4-3-13-29-18-19)24(9-14-28-15-10-24)16-21-5-1-2-6-22(21)20-7-11-25-12-8-20/h1-2,5-8,11-12,19H,3-4,9-10,13-18H2,(H,26,27)/t19-/m0/s1. The summed E-state index contributed by atoms with van der Waals surface area (Å²) in [5, 5.41) is 3.26. The second-order valence-electron chi connectivity index (χ2n) is 8.26. The van der Waals surface area contributed by atoms with Crippen molar-refractivity contribution in [2.45, 2.75) is 32.1 Å². The van der Waals surface area contributed by atoms with Crippen LogP contribution >= 0.6 is 0 Å². The second-order valence-corrected chi connectivity index (χ2v) is 8.26. The van der Waals surface area contributed by atoms with E-state index in [2.05, 4.69) is 34.6 Å². The third-order valence-electron chi connectivity index (χ3n) is 6.28. The van der Waals surface area contributed by atoms with Gasteiger partial charge in [-0.15, -0.1) is 0 Å². The predicted molar refractivity (Wildman–Crippen MR) is 112 cm³/mol. The first-order valence-corrected chi connectivity index (χ1v) is 10.7. The van der Waals surface area contributed by atoms with Crippen LogP contribution in [0.25, 0.3) is 11.1 Å². The number of pyridine rings is 1. The van der Waals surface area contributed by atoms with Crippen LogP contribution in [0.15, 0.2) is 48.8 Å². The fourth-order valence-electron chi connectivity index (χ4n) is 4.49. The van der Waals surface area contributed by atoms with Crippen molar-refractivity contribution in [3.8, 4) is 11.1 Å². The van der Waals surface area contributed by atoms with Crippen molar-refractivity contribution in [2.24, 2.45) is 11.3 Å². The maximum Gasteiger partial charge on any atom is 0.226 e. The van der Waals surface area contributed by atoms with Crippen LogP contribution in [0.4, 0.5) is 0 Å². The van der Waals surface area contributed by atoms with Crippen molar-refractivity contribution in [3.63, 3.8) is 0 Å². The zero-order valence-corrected chi connectivity index (χ0v) is 16.9. The Morgan fingerprint density at radius 3 is 2.62 bits per heavy atom. The van der Waals surface area contributed by atoms with Crippen LogP contribution in [0.2, 0.25) is 0 Å². The van der Waals surface area contributed by atoms with E-state index in [0.717, 1.165) is 50.9 Å². The molecule has 0 spiro atoms. The Labute approximate surface area is 172 Å². The molecule has 3 heterocycles. The molecule has 1 aromatic heterocycles. The molecule has 2 saturated heterocycles. The molecule has 2 fully saturated rings. The maximum atomic E-state index is 13.4. The number of aromatic nitrogens is 1. The molecular formula is C24H30N2O3. The molecule has 1 atom stereocenters. The van der Waals surface area contributed by atoms with Crippen molar-refractivity contribution in [1.82, 2.24) is 10.3 Å². The van der Waals surface area contributed by atoms with Crippen molar-refractivity contribution in [1.29, 1.82) is 0 Å². The fraction of sp³-hybridized carbons (Fsp3) is 0.500. The number of amides is 1. The molecule has 1 N–H and O–H groups in total. The Hall–Kier alpha value is -2.24. The van der Waals surface area contributed by atoms with Gasteiger partial charge >= 0.3 is 0 Å². The first-order chi connectivity index (χ1) is 14.3. The Kier molecular flexibility index (Phi) is 6.57. The average molecular weight is 395 g/mol. The van der Waals surface area contributed by atoms with E-state index < -0.39 is 5.41 Å². The summed E-state index contributed by atoms with van der Waals surface area (Å²) in [6, 6.07) is 12.4. The molecule has 1 amide bonds. The van der Waals surface area contributed by atoms with E-state index in [1.165, 1.54) is 11.1 Å². The SMILES string of the molecule is O=C(NC[C@@H]1CCCOC1)C1(Cc2ccccc2-c2ccncc2)CCOCC1. The molecule has 0 radical (unpaired) electrons. The maximum absolute atomic E-state index is 13.4. The molecule has 2 aromatic rings. The van der Waals surface area contributed by atoms with Gasteiger partial charge in [-0.25, -0.2) is 0 Å². The molecule has 0 saturated carbocycles. The van der Waals surface area contributed by atoms with Crippen LogP contribution in [-0.4, -0.2) is 43.9 Å². The van der Waals surface area contributed by atoms with E-state index in [9.17, 15) is 4.79 Å². The molecule has 1 aromatic carbocycles. The lowest BCUT2D eigenvalue weighted by atomic mass is 9.73. The molecule has 5 nitrogen and oxygen atoms in total. The van der Waals surface area contributed by atoms with Gasteiger partial charge in [0.25, 0.3) is 0 Å². The molecular weight excluding hydrogens is 364 g/mol. The van der Waals surface area contributed by atoms with Gasteiger partial charge in [-0.2, -0.15) is 0 Å². The third kappa shape index (κ3) is 4.85. The minimum Gasteiger partial charge on any atom is -0.381 e. The van der Waals surface area contributed by atoms with Crippen LogP contribution in [0.5, 0.6) is 0 Å². The van der Waals surface area contributed by atoms with Gasteiger partial charge in [0.05, 0.1) is 12.0 Å². The quantitative estimate of drug-likeness (QED) is 0.813. The Morgan fingerprint density at radius 2 is 1.86 bits per heavy atom. The van der Waals surface area contributed by atoms with Gasteiger partial charge in [0, 0.05) is 38.8 Å². The normalized spacial score (nSPS) is 21.4. The summed E-state index contributed by atoms with van der Waals surface area (Å²) in [4.78, 5) is 17.5. The van der Waals surface area contributed by atoms with Gasteiger partial charge in [0.1, 0.15) is 0 Å². The van der Waals surface area contributed by atoms with Gasteiger partial charge in [-0.1, -0.05) is 24.3 Å². The highest BCUT2D eigenvalue weighted by Gasteiger charge is 2.40. The number of nitrogens with zero attached hydrogens (tertiary/aromatic N) is 1. The van der Waals surface area contributed by atoms with Gasteiger partial charge < -0.3 is 14.8 Å². The van der Waals surface area contributed by atoms with Crippen molar-refractivity contribution in [3.05, 3.63) is 54.4 Å². The summed E-state index contributed by atoms with van der Waals surface area (Å²) >= 11 is 0. The van der Waals surface area contributed by atoms with E-state index >= 15 is 0 Å². The lowest BCUT2D eigenvalue weighted by Crippen LogP contribution is -2.47. The van der Waals surface area contributed by atoms with Crippen molar-refractivity contribution >= 4 is 5.91 Å². The number of rotatable bonds is 6. The van der Waals surface area contributed by atoms with Crippen molar-refractivity contribution in [2.75, 3.05) is 33.0 Å². The highest BCUT2D eigenvalue weighted by molar-refractivity contribution is 5.83. The first kappa shape index (κ1) is 20.0. The topological polar surface area (TPSA) is 60.5 Å². The third-order valence-corrected chi connectivity index (χ3v) is 6.28. The van der Waals surface area contributed by atoms with E-state index in [0.29, 0.717) is 25.7 Å². The van der Waals surface area contributed by atoms with E-state index in [4.69, 9.17) is 9.47 Å². The number of carbonyl (C=O) groups is 1. The van der Waals surface area contributed by atoms with E-state index in [1.54, 1.807) is 0 Å². The molecule has 4 rings (SSSR count). The minimum atomic E-state index is -0.420. The van der Waals surface area contributed by atoms with Crippen LogP contribution in [-0.2, 0) is 20.7 Å². The van der Waals surface area contributed by atoms with Crippen LogP contribution < -0.4 is 5.32 Å². The molecule has 2 aliphatic heterocycles. The van der Waals surface area contributed by atoms with Crippen LogP contribution in [0.1, 0.15) is 31.2 Å². The number of ether oxygens (including phenoxy) is 2. The summed E-state index contributed by atoms with van der Waals surface area (Å²) in [5.41, 5.74) is 3.10. The highest BCUT2D eigenvalue weighted by atomic mass is 16.5. The minimum absolute atomic E-state index is 0.163. The second kappa shape index (κ2) is 9.51. The number of nitrogens with one attached hydrogen (secondary N) is 1. The number of hydrogen-bond acceptors (Lipinski definition) is 4. The fourth-order valence-corrected chi connectivity index (χ4v) is 4.49.